The number of hydrogen-bond acceptors (Lipinski definition) is 4. The fourth-order valence-corrected chi connectivity index (χ4v) is 4.10. The fourth-order valence-electron chi connectivity index (χ4n) is 3.10. The molecule has 4 rings (SSSR count). The van der Waals surface area contributed by atoms with Gasteiger partial charge in [-0.2, -0.15) is 0 Å². The number of rotatable bonds is 5. The van der Waals surface area contributed by atoms with Crippen molar-refractivity contribution in [1.29, 1.82) is 0 Å². The van der Waals surface area contributed by atoms with Crippen molar-refractivity contribution in [2.24, 2.45) is 7.05 Å². The Morgan fingerprint density at radius 1 is 1.16 bits per heavy atom. The molecule has 0 saturated carbocycles. The van der Waals surface area contributed by atoms with Crippen LogP contribution in [0.5, 0.6) is 0 Å². The van der Waals surface area contributed by atoms with E-state index < -0.39 is 22.7 Å². The summed E-state index contributed by atoms with van der Waals surface area (Å²) in [4.78, 5) is 20.8. The Balaban J connectivity index is 1.55. The summed E-state index contributed by atoms with van der Waals surface area (Å²) in [7, 11) is -0.0283. The average Bonchev–Trinajstić information content (AvgIpc) is 3.10. The van der Waals surface area contributed by atoms with E-state index in [2.05, 4.69) is 20.0 Å². The van der Waals surface area contributed by atoms with E-state index in [4.69, 9.17) is 11.6 Å². The van der Waals surface area contributed by atoms with Gasteiger partial charge in [0.2, 0.25) is 5.95 Å². The molecule has 2 heterocycles. The van der Waals surface area contributed by atoms with E-state index in [0.717, 1.165) is 22.5 Å². The Hall–Kier alpha value is -3.30. The molecule has 0 radical (unpaired) electrons. The van der Waals surface area contributed by atoms with Crippen molar-refractivity contribution in [3.8, 4) is 0 Å². The number of hydrogen-bond donors (Lipinski definition) is 2. The summed E-state index contributed by atoms with van der Waals surface area (Å²) in [5.74, 6) is -1.05. The fraction of sp³-hybridized carbons (Fsp3) is 0.0952. The van der Waals surface area contributed by atoms with Crippen LogP contribution in [0.4, 0.5) is 16.0 Å². The second-order valence-corrected chi connectivity index (χ2v) is 8.35. The Morgan fingerprint density at radius 2 is 1.90 bits per heavy atom. The molecule has 0 spiro atoms. The summed E-state index contributed by atoms with van der Waals surface area (Å²) in [6, 6.07) is 10.9. The zero-order chi connectivity index (χ0) is 22.1. The smallest absolute Gasteiger partial charge is 0.272 e. The van der Waals surface area contributed by atoms with Crippen LogP contribution < -0.4 is 10.0 Å². The van der Waals surface area contributed by atoms with Gasteiger partial charge >= 0.3 is 0 Å². The molecule has 0 fully saturated rings. The van der Waals surface area contributed by atoms with E-state index >= 15 is 0 Å². The number of anilines is 2. The largest absolute Gasteiger partial charge is 0.340 e. The second kappa shape index (κ2) is 8.44. The van der Waals surface area contributed by atoms with Crippen molar-refractivity contribution in [3.05, 3.63) is 77.0 Å². The number of nitrogens with zero attached hydrogens (tertiary/aromatic N) is 3. The minimum atomic E-state index is -1.77. The number of fused-ring (bicyclic) bond motifs is 1. The van der Waals surface area contributed by atoms with Crippen LogP contribution in [-0.4, -0.2) is 24.7 Å². The maximum Gasteiger partial charge on any atom is 0.272 e. The van der Waals surface area contributed by atoms with Crippen LogP contribution in [0, 0.1) is 12.7 Å². The molecule has 1 unspecified atom stereocenters. The maximum absolute atomic E-state index is 14.6. The van der Waals surface area contributed by atoms with Gasteiger partial charge in [-0.15, -0.1) is 0 Å². The van der Waals surface area contributed by atoms with Gasteiger partial charge in [0.1, 0.15) is 11.5 Å². The molecular formula is C21H17ClFN5O2S. The molecule has 0 aliphatic heterocycles. The predicted molar refractivity (Wildman–Crippen MR) is 119 cm³/mol. The Morgan fingerprint density at radius 3 is 2.61 bits per heavy atom. The van der Waals surface area contributed by atoms with Gasteiger partial charge in [-0.05, 0) is 48.9 Å². The highest BCUT2D eigenvalue weighted by Gasteiger charge is 2.18. The van der Waals surface area contributed by atoms with E-state index in [1.807, 2.05) is 19.1 Å². The standard InChI is InChI=1S/C21H17ClFN5O2S/c1-12-4-7-17-14(19(12)22)11-18(28(17)2)20(29)26-16-6-5-13(10-15(16)23)31(30)27-21-24-8-3-9-25-21/h3-11H,1-2H3,(H,26,29)(H,24,25,27). The topological polar surface area (TPSA) is 88.9 Å². The molecule has 0 saturated heterocycles. The van der Waals surface area contributed by atoms with E-state index in [1.54, 1.807) is 23.7 Å². The first kappa shape index (κ1) is 21.0. The van der Waals surface area contributed by atoms with Gasteiger partial charge in [-0.3, -0.25) is 9.52 Å². The van der Waals surface area contributed by atoms with Crippen molar-refractivity contribution in [2.75, 3.05) is 10.0 Å². The van der Waals surface area contributed by atoms with Crippen molar-refractivity contribution in [2.45, 2.75) is 11.8 Å². The zero-order valence-corrected chi connectivity index (χ0v) is 18.1. The van der Waals surface area contributed by atoms with E-state index in [1.165, 1.54) is 24.5 Å². The lowest BCUT2D eigenvalue weighted by Gasteiger charge is -2.09. The lowest BCUT2D eigenvalue weighted by atomic mass is 10.2. The van der Waals surface area contributed by atoms with Crippen molar-refractivity contribution < 1.29 is 13.4 Å². The molecular weight excluding hydrogens is 441 g/mol. The molecule has 0 aliphatic rings. The number of aromatic nitrogens is 3. The molecule has 158 valence electrons. The number of carbonyl (C=O) groups excluding carboxylic acids is 1. The zero-order valence-electron chi connectivity index (χ0n) is 16.5. The third-order valence-corrected chi connectivity index (χ3v) is 6.29. The highest BCUT2D eigenvalue weighted by atomic mass is 35.5. The SMILES string of the molecule is Cc1ccc2c(cc(C(=O)Nc3ccc(S(=O)Nc4ncccn4)cc3F)n2C)c1Cl. The molecule has 2 aromatic carbocycles. The molecule has 1 atom stereocenters. The first-order chi connectivity index (χ1) is 14.8. The van der Waals surface area contributed by atoms with E-state index in [0.29, 0.717) is 10.7 Å². The molecule has 2 aromatic heterocycles. The van der Waals surface area contributed by atoms with Crippen LogP contribution in [-0.2, 0) is 18.0 Å². The lowest BCUT2D eigenvalue weighted by molar-refractivity contribution is 0.101. The maximum atomic E-state index is 14.6. The first-order valence-corrected chi connectivity index (χ1v) is 10.7. The molecule has 4 aromatic rings. The quantitative estimate of drug-likeness (QED) is 0.463. The highest BCUT2D eigenvalue weighted by Crippen LogP contribution is 2.30. The van der Waals surface area contributed by atoms with Gasteiger partial charge in [0.25, 0.3) is 5.91 Å². The van der Waals surface area contributed by atoms with Crippen LogP contribution in [0.2, 0.25) is 5.02 Å². The summed E-state index contributed by atoms with van der Waals surface area (Å²) in [5, 5.41) is 3.87. The summed E-state index contributed by atoms with van der Waals surface area (Å²) in [6.45, 7) is 1.88. The van der Waals surface area contributed by atoms with Gasteiger partial charge in [-0.25, -0.2) is 18.6 Å². The van der Waals surface area contributed by atoms with E-state index in [-0.39, 0.29) is 16.5 Å². The molecule has 7 nitrogen and oxygen atoms in total. The van der Waals surface area contributed by atoms with Crippen molar-refractivity contribution in [3.63, 3.8) is 0 Å². The molecule has 0 bridgehead atoms. The van der Waals surface area contributed by atoms with Crippen LogP contribution >= 0.6 is 11.6 Å². The van der Waals surface area contributed by atoms with Crippen molar-refractivity contribution in [1.82, 2.24) is 14.5 Å². The number of nitrogens with one attached hydrogen (secondary N) is 2. The number of aryl methyl sites for hydroxylation is 2. The first-order valence-electron chi connectivity index (χ1n) is 9.16. The normalized spacial score (nSPS) is 12.0. The van der Waals surface area contributed by atoms with E-state index in [9.17, 15) is 13.4 Å². The van der Waals surface area contributed by atoms with Gasteiger partial charge in [-0.1, -0.05) is 17.7 Å². The molecule has 1 amide bonds. The molecule has 0 aliphatic carbocycles. The predicted octanol–water partition coefficient (Wildman–Crippen LogP) is 4.46. The van der Waals surface area contributed by atoms with Crippen LogP contribution in [0.25, 0.3) is 10.9 Å². The number of carbonyl (C=O) groups is 1. The summed E-state index contributed by atoms with van der Waals surface area (Å²) >= 11 is 6.36. The Kier molecular flexibility index (Phi) is 5.71. The lowest BCUT2D eigenvalue weighted by Crippen LogP contribution is -2.16. The number of halogens is 2. The minimum absolute atomic E-state index is 0.0331. The summed E-state index contributed by atoms with van der Waals surface area (Å²) in [5.41, 5.74) is 1.99. The summed E-state index contributed by atoms with van der Waals surface area (Å²) in [6.07, 6.45) is 2.99. The van der Waals surface area contributed by atoms with Gasteiger partial charge < -0.3 is 9.88 Å². The number of benzene rings is 2. The van der Waals surface area contributed by atoms with Gasteiger partial charge in [0.15, 0.2) is 11.0 Å². The number of amides is 1. The Labute approximate surface area is 184 Å². The Bertz CT molecular complexity index is 1330. The highest BCUT2D eigenvalue weighted by molar-refractivity contribution is 7.86. The summed E-state index contributed by atoms with van der Waals surface area (Å²) < 4.78 is 31.3. The van der Waals surface area contributed by atoms with Crippen molar-refractivity contribution >= 4 is 51.0 Å². The van der Waals surface area contributed by atoms with Crippen LogP contribution in [0.15, 0.2) is 59.8 Å². The second-order valence-electron chi connectivity index (χ2n) is 6.76. The minimum Gasteiger partial charge on any atom is -0.340 e. The monoisotopic (exact) mass is 457 g/mol. The average molecular weight is 458 g/mol. The third-order valence-electron chi connectivity index (χ3n) is 4.74. The van der Waals surface area contributed by atoms with Gasteiger partial charge in [0.05, 0.1) is 15.6 Å². The van der Waals surface area contributed by atoms with Crippen LogP contribution in [0.3, 0.4) is 0 Å². The molecule has 10 heteroatoms. The third kappa shape index (κ3) is 4.14. The molecule has 2 N–H and O–H groups in total. The van der Waals surface area contributed by atoms with Gasteiger partial charge in [0, 0.05) is 30.3 Å². The van der Waals surface area contributed by atoms with Crippen LogP contribution in [0.1, 0.15) is 16.1 Å². The molecule has 31 heavy (non-hydrogen) atoms.